The van der Waals surface area contributed by atoms with Crippen LogP contribution in [0, 0.1) is 11.8 Å². The summed E-state index contributed by atoms with van der Waals surface area (Å²) in [7, 11) is 0. The van der Waals surface area contributed by atoms with E-state index in [1.54, 1.807) is 0 Å². The highest BCUT2D eigenvalue weighted by Gasteiger charge is 2.28. The van der Waals surface area contributed by atoms with E-state index in [-0.39, 0.29) is 34.4 Å². The zero-order valence-electron chi connectivity index (χ0n) is 13.1. The molecule has 1 N–H and O–H groups in total. The van der Waals surface area contributed by atoms with Gasteiger partial charge in [0.25, 0.3) is 5.91 Å². The van der Waals surface area contributed by atoms with Crippen LogP contribution in [0.2, 0.25) is 10.3 Å². The van der Waals surface area contributed by atoms with Crippen molar-refractivity contribution in [2.24, 2.45) is 11.8 Å². The molecule has 1 aromatic rings. The molecule has 0 bridgehead atoms. The maximum atomic E-state index is 12.0. The van der Waals surface area contributed by atoms with Gasteiger partial charge in [-0.25, -0.2) is 9.78 Å². The minimum absolute atomic E-state index is 0.0962. The van der Waals surface area contributed by atoms with Crippen LogP contribution in [0.15, 0.2) is 12.1 Å². The Balaban J connectivity index is 1.85. The molecule has 126 valence electrons. The molecule has 0 aliphatic heterocycles. The number of nitrogens with one attached hydrogen (secondary N) is 1. The van der Waals surface area contributed by atoms with Crippen LogP contribution < -0.4 is 5.32 Å². The first kappa shape index (κ1) is 18.0. The summed E-state index contributed by atoms with van der Waals surface area (Å²) < 4.78 is 5.01. The highest BCUT2D eigenvalue weighted by molar-refractivity contribution is 6.32. The second-order valence-corrected chi connectivity index (χ2v) is 6.79. The van der Waals surface area contributed by atoms with Crippen LogP contribution in [0.3, 0.4) is 0 Å². The van der Waals surface area contributed by atoms with Crippen LogP contribution in [0.1, 0.15) is 43.5 Å². The fraction of sp³-hybridized carbons (Fsp3) is 0.562. The summed E-state index contributed by atoms with van der Waals surface area (Å²) in [5, 5.41) is 3.14. The van der Waals surface area contributed by atoms with Crippen molar-refractivity contribution < 1.29 is 14.3 Å². The molecule has 1 aliphatic rings. The molecule has 0 radical (unpaired) electrons. The number of pyridine rings is 1. The number of aromatic nitrogens is 1. The smallest absolute Gasteiger partial charge is 0.338 e. The van der Waals surface area contributed by atoms with Crippen molar-refractivity contribution in [2.75, 3.05) is 6.61 Å². The van der Waals surface area contributed by atoms with Crippen molar-refractivity contribution in [3.8, 4) is 0 Å². The standard InChI is InChI=1S/C16H20Cl2N2O3/c1-9-4-3-5-12(10(9)2)19-15(21)8-23-16(22)11-6-13(17)20-14(18)7-11/h6-7,9-10,12H,3-5,8H2,1-2H3,(H,19,21). The molecule has 1 heterocycles. The molecule has 5 nitrogen and oxygen atoms in total. The predicted molar refractivity (Wildman–Crippen MR) is 88.6 cm³/mol. The van der Waals surface area contributed by atoms with Gasteiger partial charge in [0, 0.05) is 6.04 Å². The molecule has 1 amide bonds. The van der Waals surface area contributed by atoms with Crippen LogP contribution >= 0.6 is 23.2 Å². The molecule has 3 unspecified atom stereocenters. The van der Waals surface area contributed by atoms with Gasteiger partial charge >= 0.3 is 5.97 Å². The molecular formula is C16H20Cl2N2O3. The number of ether oxygens (including phenoxy) is 1. The van der Waals surface area contributed by atoms with Crippen LogP contribution in [0.4, 0.5) is 0 Å². The van der Waals surface area contributed by atoms with E-state index >= 15 is 0 Å². The first-order valence-corrected chi connectivity index (χ1v) is 8.42. The van der Waals surface area contributed by atoms with Gasteiger partial charge < -0.3 is 10.1 Å². The first-order valence-electron chi connectivity index (χ1n) is 7.66. The summed E-state index contributed by atoms with van der Waals surface area (Å²) in [5.41, 5.74) is 0.169. The van der Waals surface area contributed by atoms with Gasteiger partial charge in [0.2, 0.25) is 0 Å². The average Bonchev–Trinajstić information content (AvgIpc) is 2.48. The second-order valence-electron chi connectivity index (χ2n) is 6.02. The van der Waals surface area contributed by atoms with Gasteiger partial charge in [-0.3, -0.25) is 4.79 Å². The van der Waals surface area contributed by atoms with Gasteiger partial charge in [0.15, 0.2) is 6.61 Å². The molecular weight excluding hydrogens is 339 g/mol. The zero-order chi connectivity index (χ0) is 17.0. The summed E-state index contributed by atoms with van der Waals surface area (Å²) in [6.45, 7) is 4.01. The number of carbonyl (C=O) groups excluding carboxylic acids is 2. The lowest BCUT2D eigenvalue weighted by molar-refractivity contribution is -0.125. The molecule has 1 aliphatic carbocycles. The van der Waals surface area contributed by atoms with Crippen molar-refractivity contribution >= 4 is 35.1 Å². The minimum Gasteiger partial charge on any atom is -0.452 e. The van der Waals surface area contributed by atoms with E-state index in [2.05, 4.69) is 24.1 Å². The van der Waals surface area contributed by atoms with E-state index in [0.29, 0.717) is 11.8 Å². The summed E-state index contributed by atoms with van der Waals surface area (Å²) in [5.74, 6) is 0.0471. The van der Waals surface area contributed by atoms with Crippen LogP contribution in [0.25, 0.3) is 0 Å². The molecule has 1 fully saturated rings. The minimum atomic E-state index is -0.656. The van der Waals surface area contributed by atoms with Gasteiger partial charge in [-0.1, -0.05) is 49.9 Å². The molecule has 1 aromatic heterocycles. The van der Waals surface area contributed by atoms with Crippen molar-refractivity contribution in [1.82, 2.24) is 10.3 Å². The maximum absolute atomic E-state index is 12.0. The maximum Gasteiger partial charge on any atom is 0.338 e. The van der Waals surface area contributed by atoms with E-state index < -0.39 is 5.97 Å². The molecule has 0 saturated heterocycles. The van der Waals surface area contributed by atoms with Gasteiger partial charge in [-0.2, -0.15) is 0 Å². The third-order valence-corrected chi connectivity index (χ3v) is 4.77. The Morgan fingerprint density at radius 1 is 1.26 bits per heavy atom. The number of rotatable bonds is 4. The highest BCUT2D eigenvalue weighted by Crippen LogP contribution is 2.29. The Morgan fingerprint density at radius 2 is 1.91 bits per heavy atom. The molecule has 23 heavy (non-hydrogen) atoms. The fourth-order valence-electron chi connectivity index (χ4n) is 2.83. The Kier molecular flexibility index (Phi) is 6.25. The van der Waals surface area contributed by atoms with Gasteiger partial charge in [0.1, 0.15) is 10.3 Å². The van der Waals surface area contributed by atoms with E-state index in [0.717, 1.165) is 12.8 Å². The molecule has 3 atom stereocenters. The Labute approximate surface area is 145 Å². The number of halogens is 2. The lowest BCUT2D eigenvalue weighted by Gasteiger charge is -2.34. The quantitative estimate of drug-likeness (QED) is 0.660. The number of amides is 1. The third kappa shape index (κ3) is 5.08. The molecule has 1 saturated carbocycles. The first-order chi connectivity index (χ1) is 10.9. The number of carbonyl (C=O) groups is 2. The molecule has 2 rings (SSSR count). The van der Waals surface area contributed by atoms with E-state index in [1.807, 2.05) is 0 Å². The summed E-state index contributed by atoms with van der Waals surface area (Å²) in [4.78, 5) is 27.6. The second kappa shape index (κ2) is 7.97. The average molecular weight is 359 g/mol. The van der Waals surface area contributed by atoms with Crippen molar-refractivity contribution in [3.63, 3.8) is 0 Å². The SMILES string of the molecule is CC1CCCC(NC(=O)COC(=O)c2cc(Cl)nc(Cl)c2)C1C. The van der Waals surface area contributed by atoms with Crippen LogP contribution in [-0.2, 0) is 9.53 Å². The molecule has 7 heteroatoms. The fourth-order valence-corrected chi connectivity index (χ4v) is 3.29. The van der Waals surface area contributed by atoms with Crippen LogP contribution in [-0.4, -0.2) is 29.5 Å². The van der Waals surface area contributed by atoms with Crippen molar-refractivity contribution in [2.45, 2.75) is 39.2 Å². The third-order valence-electron chi connectivity index (χ3n) is 4.39. The van der Waals surface area contributed by atoms with Crippen LogP contribution in [0.5, 0.6) is 0 Å². The number of hydrogen-bond acceptors (Lipinski definition) is 4. The summed E-state index contributed by atoms with van der Waals surface area (Å²) in [6.07, 6.45) is 3.25. The number of esters is 1. The molecule has 0 spiro atoms. The number of nitrogens with zero attached hydrogens (tertiary/aromatic N) is 1. The van der Waals surface area contributed by atoms with Gasteiger partial charge in [-0.05, 0) is 30.4 Å². The van der Waals surface area contributed by atoms with E-state index in [1.165, 1.54) is 18.6 Å². The number of hydrogen-bond donors (Lipinski definition) is 1. The van der Waals surface area contributed by atoms with Gasteiger partial charge in [-0.15, -0.1) is 0 Å². The summed E-state index contributed by atoms with van der Waals surface area (Å²) >= 11 is 11.5. The van der Waals surface area contributed by atoms with Gasteiger partial charge in [0.05, 0.1) is 5.56 Å². The predicted octanol–water partition coefficient (Wildman–Crippen LogP) is 3.49. The molecule has 0 aromatic carbocycles. The highest BCUT2D eigenvalue weighted by atomic mass is 35.5. The normalized spacial score (nSPS) is 24.1. The Bertz CT molecular complexity index is 574. The van der Waals surface area contributed by atoms with E-state index in [9.17, 15) is 9.59 Å². The summed E-state index contributed by atoms with van der Waals surface area (Å²) in [6, 6.07) is 2.83. The Morgan fingerprint density at radius 3 is 2.57 bits per heavy atom. The topological polar surface area (TPSA) is 68.3 Å². The van der Waals surface area contributed by atoms with E-state index in [4.69, 9.17) is 27.9 Å². The monoisotopic (exact) mass is 358 g/mol. The van der Waals surface area contributed by atoms with Crippen molar-refractivity contribution in [3.05, 3.63) is 28.0 Å². The Hall–Kier alpha value is -1.33. The lowest BCUT2D eigenvalue weighted by atomic mass is 9.78. The van der Waals surface area contributed by atoms with Crippen molar-refractivity contribution in [1.29, 1.82) is 0 Å². The zero-order valence-corrected chi connectivity index (χ0v) is 14.7. The largest absolute Gasteiger partial charge is 0.452 e. The lowest BCUT2D eigenvalue weighted by Crippen LogP contribution is -2.45.